The second kappa shape index (κ2) is 2.77. The molecule has 1 heterocycles. The van der Waals surface area contributed by atoms with Crippen LogP contribution in [0.25, 0.3) is 0 Å². The molecule has 2 atom stereocenters. The molecule has 0 N–H and O–H groups in total. The fraction of sp³-hybridized carbons (Fsp3) is 1.00. The maximum Gasteiger partial charge on any atom is 0.00986 e. The van der Waals surface area contributed by atoms with Crippen LogP contribution in [0.4, 0.5) is 0 Å². The summed E-state index contributed by atoms with van der Waals surface area (Å²) in [4.78, 5) is 0. The lowest BCUT2D eigenvalue weighted by molar-refractivity contribution is 0.386. The molecular formula is C9H18S. The van der Waals surface area contributed by atoms with Crippen molar-refractivity contribution in [3.63, 3.8) is 0 Å². The molecule has 1 aliphatic heterocycles. The third kappa shape index (κ3) is 1.91. The standard InChI is InChI=1S/C9H18S/c1-7-5-6-8(10-7)9(2,3)4/h7-8H,5-6H2,1-4H3. The minimum absolute atomic E-state index is 0.523. The average molecular weight is 158 g/mol. The summed E-state index contributed by atoms with van der Waals surface area (Å²) in [5, 5.41) is 1.81. The maximum atomic E-state index is 2.35. The molecule has 1 saturated heterocycles. The molecule has 10 heavy (non-hydrogen) atoms. The average Bonchev–Trinajstić information content (AvgIpc) is 2.11. The predicted octanol–water partition coefficient (Wildman–Crippen LogP) is 3.32. The van der Waals surface area contributed by atoms with Crippen molar-refractivity contribution in [2.45, 2.75) is 51.0 Å². The van der Waals surface area contributed by atoms with Crippen LogP contribution in [0.3, 0.4) is 0 Å². The van der Waals surface area contributed by atoms with Gasteiger partial charge < -0.3 is 0 Å². The van der Waals surface area contributed by atoms with Crippen LogP contribution in [0.2, 0.25) is 0 Å². The van der Waals surface area contributed by atoms with Crippen molar-refractivity contribution in [1.29, 1.82) is 0 Å². The molecular weight excluding hydrogens is 140 g/mol. The highest BCUT2D eigenvalue weighted by Gasteiger charge is 2.31. The van der Waals surface area contributed by atoms with Gasteiger partial charge in [-0.1, -0.05) is 27.7 Å². The van der Waals surface area contributed by atoms with Gasteiger partial charge in [-0.05, 0) is 18.3 Å². The lowest BCUT2D eigenvalue weighted by Crippen LogP contribution is -2.20. The van der Waals surface area contributed by atoms with Crippen molar-refractivity contribution in [2.75, 3.05) is 0 Å². The van der Waals surface area contributed by atoms with Crippen LogP contribution in [0.5, 0.6) is 0 Å². The Morgan fingerprint density at radius 2 is 1.80 bits per heavy atom. The molecule has 1 rings (SSSR count). The van der Waals surface area contributed by atoms with Crippen LogP contribution < -0.4 is 0 Å². The maximum absolute atomic E-state index is 2.35. The monoisotopic (exact) mass is 158 g/mol. The minimum atomic E-state index is 0.523. The first-order valence-electron chi connectivity index (χ1n) is 4.15. The molecule has 0 saturated carbocycles. The van der Waals surface area contributed by atoms with Crippen LogP contribution in [-0.2, 0) is 0 Å². The summed E-state index contributed by atoms with van der Waals surface area (Å²) in [7, 11) is 0. The minimum Gasteiger partial charge on any atom is -0.155 e. The van der Waals surface area contributed by atoms with Crippen LogP contribution in [0, 0.1) is 5.41 Å². The Morgan fingerprint density at radius 1 is 1.20 bits per heavy atom. The second-order valence-corrected chi connectivity index (χ2v) is 6.02. The van der Waals surface area contributed by atoms with Gasteiger partial charge >= 0.3 is 0 Å². The van der Waals surface area contributed by atoms with Gasteiger partial charge in [0, 0.05) is 10.5 Å². The zero-order valence-corrected chi connectivity index (χ0v) is 8.29. The Bertz CT molecular complexity index is 112. The molecule has 0 nitrogen and oxygen atoms in total. The Morgan fingerprint density at radius 3 is 2.00 bits per heavy atom. The van der Waals surface area contributed by atoms with E-state index in [9.17, 15) is 0 Å². The molecule has 0 aromatic heterocycles. The van der Waals surface area contributed by atoms with E-state index in [-0.39, 0.29) is 0 Å². The topological polar surface area (TPSA) is 0 Å². The molecule has 1 fully saturated rings. The Balaban J connectivity index is 2.45. The molecule has 0 aromatic rings. The predicted molar refractivity (Wildman–Crippen MR) is 49.5 cm³/mol. The van der Waals surface area contributed by atoms with Crippen LogP contribution >= 0.6 is 11.8 Å². The van der Waals surface area contributed by atoms with Crippen molar-refractivity contribution in [3.05, 3.63) is 0 Å². The van der Waals surface area contributed by atoms with Gasteiger partial charge in [0.25, 0.3) is 0 Å². The van der Waals surface area contributed by atoms with Crippen LogP contribution in [0.1, 0.15) is 40.5 Å². The molecule has 1 heteroatoms. The van der Waals surface area contributed by atoms with E-state index in [1.807, 2.05) is 0 Å². The van der Waals surface area contributed by atoms with E-state index in [1.54, 1.807) is 0 Å². The fourth-order valence-electron chi connectivity index (χ4n) is 1.44. The lowest BCUT2D eigenvalue weighted by Gasteiger charge is -2.25. The van der Waals surface area contributed by atoms with Gasteiger partial charge in [-0.15, -0.1) is 0 Å². The SMILES string of the molecule is CC1CCC(C(C)(C)C)S1. The third-order valence-corrected chi connectivity index (χ3v) is 4.17. The van der Waals surface area contributed by atoms with E-state index < -0.39 is 0 Å². The van der Waals surface area contributed by atoms with Gasteiger partial charge in [-0.3, -0.25) is 0 Å². The van der Waals surface area contributed by atoms with E-state index in [1.165, 1.54) is 12.8 Å². The van der Waals surface area contributed by atoms with E-state index in [4.69, 9.17) is 0 Å². The zero-order chi connectivity index (χ0) is 7.78. The zero-order valence-electron chi connectivity index (χ0n) is 7.48. The smallest absolute Gasteiger partial charge is 0.00986 e. The third-order valence-electron chi connectivity index (χ3n) is 2.20. The molecule has 0 amide bonds. The van der Waals surface area contributed by atoms with Gasteiger partial charge in [0.15, 0.2) is 0 Å². The molecule has 2 unspecified atom stereocenters. The fourth-order valence-corrected chi connectivity index (χ4v) is 2.95. The highest BCUT2D eigenvalue weighted by atomic mass is 32.2. The summed E-state index contributed by atoms with van der Waals surface area (Å²) >= 11 is 2.17. The molecule has 0 bridgehead atoms. The Kier molecular flexibility index (Phi) is 2.34. The Hall–Kier alpha value is 0.350. The largest absolute Gasteiger partial charge is 0.155 e. The summed E-state index contributed by atoms with van der Waals surface area (Å²) in [5.74, 6) is 0. The van der Waals surface area contributed by atoms with Gasteiger partial charge in [0.2, 0.25) is 0 Å². The first kappa shape index (κ1) is 8.45. The van der Waals surface area contributed by atoms with Crippen molar-refractivity contribution < 1.29 is 0 Å². The first-order chi connectivity index (χ1) is 4.50. The highest BCUT2D eigenvalue weighted by Crippen LogP contribution is 2.42. The van der Waals surface area contributed by atoms with Gasteiger partial charge in [-0.2, -0.15) is 11.8 Å². The molecule has 0 aliphatic carbocycles. The summed E-state index contributed by atoms with van der Waals surface area (Å²) < 4.78 is 0. The van der Waals surface area contributed by atoms with Crippen LogP contribution in [0.15, 0.2) is 0 Å². The van der Waals surface area contributed by atoms with Crippen LogP contribution in [-0.4, -0.2) is 10.5 Å². The van der Waals surface area contributed by atoms with Gasteiger partial charge in [-0.25, -0.2) is 0 Å². The number of rotatable bonds is 0. The summed E-state index contributed by atoms with van der Waals surface area (Å²) in [6.07, 6.45) is 2.85. The Labute approximate surface area is 68.8 Å². The van der Waals surface area contributed by atoms with Gasteiger partial charge in [0.1, 0.15) is 0 Å². The number of hydrogen-bond acceptors (Lipinski definition) is 1. The van der Waals surface area contributed by atoms with E-state index in [0.717, 1.165) is 10.5 Å². The molecule has 60 valence electrons. The number of hydrogen-bond donors (Lipinski definition) is 0. The quantitative estimate of drug-likeness (QED) is 0.521. The molecule has 0 radical (unpaired) electrons. The number of thioether (sulfide) groups is 1. The molecule has 0 spiro atoms. The summed E-state index contributed by atoms with van der Waals surface area (Å²) in [6, 6.07) is 0. The first-order valence-corrected chi connectivity index (χ1v) is 5.10. The van der Waals surface area contributed by atoms with E-state index >= 15 is 0 Å². The van der Waals surface area contributed by atoms with E-state index in [0.29, 0.717) is 5.41 Å². The van der Waals surface area contributed by atoms with Crippen molar-refractivity contribution in [1.82, 2.24) is 0 Å². The highest BCUT2D eigenvalue weighted by molar-refractivity contribution is 8.00. The molecule has 0 aromatic carbocycles. The van der Waals surface area contributed by atoms with E-state index in [2.05, 4.69) is 39.5 Å². The normalized spacial score (nSPS) is 34.8. The second-order valence-electron chi connectivity index (χ2n) is 4.38. The van der Waals surface area contributed by atoms with Crippen molar-refractivity contribution in [2.24, 2.45) is 5.41 Å². The van der Waals surface area contributed by atoms with Crippen molar-refractivity contribution in [3.8, 4) is 0 Å². The lowest BCUT2D eigenvalue weighted by atomic mass is 9.89. The summed E-state index contributed by atoms with van der Waals surface area (Å²) in [6.45, 7) is 9.39. The summed E-state index contributed by atoms with van der Waals surface area (Å²) in [5.41, 5.74) is 0.523. The van der Waals surface area contributed by atoms with Gasteiger partial charge in [0.05, 0.1) is 0 Å². The van der Waals surface area contributed by atoms with Crippen molar-refractivity contribution >= 4 is 11.8 Å². The molecule has 1 aliphatic rings.